The summed E-state index contributed by atoms with van der Waals surface area (Å²) in [5.74, 6) is 0.197. The van der Waals surface area contributed by atoms with Crippen molar-refractivity contribution in [3.63, 3.8) is 0 Å². The Morgan fingerprint density at radius 3 is 2.73 bits per heavy atom. The van der Waals surface area contributed by atoms with Crippen LogP contribution in [0.25, 0.3) is 0 Å². The molecule has 0 spiro atoms. The van der Waals surface area contributed by atoms with Crippen LogP contribution < -0.4 is 4.90 Å². The standard InChI is InChI=1S/C12H16N2O/c1-8-7-10(14(2)3)9-5-4-6-11(15)12(9)13-8/h7H,4-6H2,1-3H3. The summed E-state index contributed by atoms with van der Waals surface area (Å²) < 4.78 is 0. The first-order valence-corrected chi connectivity index (χ1v) is 5.30. The molecule has 0 fully saturated rings. The minimum Gasteiger partial charge on any atom is -0.377 e. The van der Waals surface area contributed by atoms with E-state index in [0.717, 1.165) is 29.8 Å². The highest BCUT2D eigenvalue weighted by molar-refractivity contribution is 5.98. The molecular formula is C12H16N2O. The number of Topliss-reactive ketones (excluding diaryl/α,β-unsaturated/α-hetero) is 1. The minimum atomic E-state index is 0.197. The van der Waals surface area contributed by atoms with E-state index in [1.54, 1.807) is 0 Å². The van der Waals surface area contributed by atoms with Gasteiger partial charge in [-0.2, -0.15) is 0 Å². The van der Waals surface area contributed by atoms with Gasteiger partial charge in [0.15, 0.2) is 5.78 Å². The highest BCUT2D eigenvalue weighted by Crippen LogP contribution is 2.28. The summed E-state index contributed by atoms with van der Waals surface area (Å²) >= 11 is 0. The molecule has 1 heterocycles. The van der Waals surface area contributed by atoms with Gasteiger partial charge in [0.1, 0.15) is 5.69 Å². The fraction of sp³-hybridized carbons (Fsp3) is 0.500. The fourth-order valence-electron chi connectivity index (χ4n) is 2.10. The summed E-state index contributed by atoms with van der Waals surface area (Å²) in [6.07, 6.45) is 2.58. The summed E-state index contributed by atoms with van der Waals surface area (Å²) in [6, 6.07) is 2.05. The number of pyridine rings is 1. The Labute approximate surface area is 90.1 Å². The zero-order valence-electron chi connectivity index (χ0n) is 9.50. The van der Waals surface area contributed by atoms with Crippen molar-refractivity contribution in [1.29, 1.82) is 0 Å². The Balaban J connectivity index is 2.62. The van der Waals surface area contributed by atoms with Crippen LogP contribution in [0.1, 0.15) is 34.6 Å². The minimum absolute atomic E-state index is 0.197. The second-order valence-corrected chi connectivity index (χ2v) is 4.28. The molecule has 1 aromatic rings. The molecule has 0 aliphatic heterocycles. The van der Waals surface area contributed by atoms with Crippen LogP contribution in [0, 0.1) is 6.92 Å². The van der Waals surface area contributed by atoms with Gasteiger partial charge in [-0.05, 0) is 25.8 Å². The average molecular weight is 204 g/mol. The summed E-state index contributed by atoms with van der Waals surface area (Å²) in [4.78, 5) is 18.2. The summed E-state index contributed by atoms with van der Waals surface area (Å²) in [5, 5.41) is 0. The molecule has 3 nitrogen and oxygen atoms in total. The lowest BCUT2D eigenvalue weighted by Gasteiger charge is -2.22. The Morgan fingerprint density at radius 2 is 2.07 bits per heavy atom. The van der Waals surface area contributed by atoms with Crippen molar-refractivity contribution in [1.82, 2.24) is 4.98 Å². The van der Waals surface area contributed by atoms with E-state index in [1.165, 1.54) is 0 Å². The summed E-state index contributed by atoms with van der Waals surface area (Å²) in [6.45, 7) is 1.94. The molecule has 0 bridgehead atoms. The molecule has 0 saturated carbocycles. The van der Waals surface area contributed by atoms with Crippen molar-refractivity contribution in [3.8, 4) is 0 Å². The number of carbonyl (C=O) groups is 1. The highest BCUT2D eigenvalue weighted by Gasteiger charge is 2.22. The maximum Gasteiger partial charge on any atom is 0.181 e. The SMILES string of the molecule is Cc1cc(N(C)C)c2c(n1)C(=O)CCC2. The van der Waals surface area contributed by atoms with Gasteiger partial charge < -0.3 is 4.90 Å². The average Bonchev–Trinajstić information content (AvgIpc) is 2.18. The number of nitrogens with zero attached hydrogens (tertiary/aromatic N) is 2. The van der Waals surface area contributed by atoms with Crippen LogP contribution in [0.4, 0.5) is 5.69 Å². The molecule has 0 atom stereocenters. The Kier molecular flexibility index (Phi) is 2.47. The third-order valence-corrected chi connectivity index (χ3v) is 2.81. The molecule has 2 rings (SSSR count). The molecular weight excluding hydrogens is 188 g/mol. The van der Waals surface area contributed by atoms with Gasteiger partial charge in [-0.15, -0.1) is 0 Å². The first-order chi connectivity index (χ1) is 7.09. The number of carbonyl (C=O) groups excluding carboxylic acids is 1. The van der Waals surface area contributed by atoms with Crippen molar-refractivity contribution < 1.29 is 4.79 Å². The Bertz CT molecular complexity index is 410. The molecule has 1 aromatic heterocycles. The van der Waals surface area contributed by atoms with E-state index >= 15 is 0 Å². The zero-order valence-corrected chi connectivity index (χ0v) is 9.50. The van der Waals surface area contributed by atoms with Gasteiger partial charge in [-0.25, -0.2) is 4.98 Å². The van der Waals surface area contributed by atoms with Crippen LogP contribution in [-0.2, 0) is 6.42 Å². The lowest BCUT2D eigenvalue weighted by Crippen LogP contribution is -2.19. The first-order valence-electron chi connectivity index (χ1n) is 5.30. The molecule has 1 aliphatic carbocycles. The van der Waals surface area contributed by atoms with E-state index in [-0.39, 0.29) is 5.78 Å². The van der Waals surface area contributed by atoms with E-state index in [1.807, 2.05) is 21.0 Å². The Hall–Kier alpha value is -1.38. The fourth-order valence-corrected chi connectivity index (χ4v) is 2.10. The number of aryl methyl sites for hydroxylation is 1. The molecule has 3 heteroatoms. The quantitative estimate of drug-likeness (QED) is 0.701. The topological polar surface area (TPSA) is 33.2 Å². The lowest BCUT2D eigenvalue weighted by molar-refractivity contribution is 0.0967. The van der Waals surface area contributed by atoms with Crippen LogP contribution in [-0.4, -0.2) is 24.9 Å². The first kappa shape index (κ1) is 10.1. The molecule has 0 amide bonds. The molecule has 15 heavy (non-hydrogen) atoms. The van der Waals surface area contributed by atoms with E-state index in [2.05, 4.69) is 16.0 Å². The van der Waals surface area contributed by atoms with Crippen molar-refractivity contribution in [2.24, 2.45) is 0 Å². The smallest absolute Gasteiger partial charge is 0.181 e. The summed E-state index contributed by atoms with van der Waals surface area (Å²) in [7, 11) is 4.02. The monoisotopic (exact) mass is 204 g/mol. The maximum atomic E-state index is 11.7. The number of hydrogen-bond acceptors (Lipinski definition) is 3. The number of anilines is 1. The summed E-state index contributed by atoms with van der Waals surface area (Å²) in [5.41, 5.74) is 3.89. The second-order valence-electron chi connectivity index (χ2n) is 4.28. The number of fused-ring (bicyclic) bond motifs is 1. The molecule has 0 N–H and O–H groups in total. The van der Waals surface area contributed by atoms with E-state index in [4.69, 9.17) is 0 Å². The number of rotatable bonds is 1. The van der Waals surface area contributed by atoms with Crippen LogP contribution in [0.2, 0.25) is 0 Å². The molecule has 1 aliphatic rings. The van der Waals surface area contributed by atoms with E-state index in [9.17, 15) is 4.79 Å². The van der Waals surface area contributed by atoms with Crippen molar-refractivity contribution in [2.75, 3.05) is 19.0 Å². The third-order valence-electron chi connectivity index (χ3n) is 2.81. The predicted molar refractivity (Wildman–Crippen MR) is 60.6 cm³/mol. The van der Waals surface area contributed by atoms with Gasteiger partial charge in [0.2, 0.25) is 0 Å². The van der Waals surface area contributed by atoms with Crippen molar-refractivity contribution >= 4 is 11.5 Å². The third kappa shape index (κ3) is 1.74. The van der Waals surface area contributed by atoms with Crippen LogP contribution in [0.3, 0.4) is 0 Å². The van der Waals surface area contributed by atoms with Crippen LogP contribution in [0.15, 0.2) is 6.07 Å². The second kappa shape index (κ2) is 3.65. The Morgan fingerprint density at radius 1 is 1.33 bits per heavy atom. The van der Waals surface area contributed by atoms with Gasteiger partial charge in [0.05, 0.1) is 0 Å². The predicted octanol–water partition coefficient (Wildman–Crippen LogP) is 1.98. The number of ketones is 1. The van der Waals surface area contributed by atoms with E-state index < -0.39 is 0 Å². The van der Waals surface area contributed by atoms with Crippen molar-refractivity contribution in [3.05, 3.63) is 23.0 Å². The van der Waals surface area contributed by atoms with Crippen LogP contribution >= 0.6 is 0 Å². The van der Waals surface area contributed by atoms with Gasteiger partial charge in [-0.3, -0.25) is 4.79 Å². The van der Waals surface area contributed by atoms with Gasteiger partial charge in [0, 0.05) is 37.5 Å². The molecule has 0 aromatic carbocycles. The number of hydrogen-bond donors (Lipinski definition) is 0. The molecule has 0 saturated heterocycles. The lowest BCUT2D eigenvalue weighted by atomic mass is 9.93. The van der Waals surface area contributed by atoms with Gasteiger partial charge in [-0.1, -0.05) is 0 Å². The number of aromatic nitrogens is 1. The zero-order chi connectivity index (χ0) is 11.0. The highest BCUT2D eigenvalue weighted by atomic mass is 16.1. The van der Waals surface area contributed by atoms with Crippen molar-refractivity contribution in [2.45, 2.75) is 26.2 Å². The van der Waals surface area contributed by atoms with E-state index in [0.29, 0.717) is 12.1 Å². The van der Waals surface area contributed by atoms with Crippen LogP contribution in [0.5, 0.6) is 0 Å². The maximum absolute atomic E-state index is 11.7. The molecule has 0 unspecified atom stereocenters. The molecule has 80 valence electrons. The normalized spacial score (nSPS) is 15.0. The largest absolute Gasteiger partial charge is 0.377 e. The molecule has 0 radical (unpaired) electrons. The van der Waals surface area contributed by atoms with Gasteiger partial charge in [0.25, 0.3) is 0 Å². The van der Waals surface area contributed by atoms with Gasteiger partial charge >= 0.3 is 0 Å².